The van der Waals surface area contributed by atoms with Crippen molar-refractivity contribution >= 4 is 40.4 Å². The van der Waals surface area contributed by atoms with Crippen LogP contribution in [0.2, 0.25) is 5.02 Å². The molecule has 2 aromatic rings. The summed E-state index contributed by atoms with van der Waals surface area (Å²) in [6.45, 7) is 0. The van der Waals surface area contributed by atoms with Crippen molar-refractivity contribution in [3.8, 4) is 0 Å². The van der Waals surface area contributed by atoms with Gasteiger partial charge in [-0.2, -0.15) is 11.8 Å². The van der Waals surface area contributed by atoms with E-state index in [1.54, 1.807) is 6.07 Å². The zero-order valence-electron chi connectivity index (χ0n) is 9.34. The van der Waals surface area contributed by atoms with Crippen molar-refractivity contribution in [1.29, 1.82) is 0 Å². The monoisotopic (exact) mass is 283 g/mol. The normalized spacial score (nSPS) is 19.5. The molecule has 1 aromatic carbocycles. The van der Waals surface area contributed by atoms with E-state index < -0.39 is 5.97 Å². The summed E-state index contributed by atoms with van der Waals surface area (Å²) in [5.74, 6) is 1.08. The molecule has 5 nitrogen and oxygen atoms in total. The summed E-state index contributed by atoms with van der Waals surface area (Å²) < 4.78 is 1.85. The number of benzene rings is 1. The lowest BCUT2D eigenvalue weighted by atomic mass is 10.2. The van der Waals surface area contributed by atoms with Gasteiger partial charge in [0.25, 0.3) is 0 Å². The van der Waals surface area contributed by atoms with Gasteiger partial charge in [0.15, 0.2) is 0 Å². The topological polar surface area (TPSA) is 68.0 Å². The molecule has 2 heterocycles. The Labute approximate surface area is 112 Å². The number of fused-ring (bicyclic) bond motifs is 1. The van der Waals surface area contributed by atoms with Gasteiger partial charge in [0.05, 0.1) is 22.1 Å². The Morgan fingerprint density at radius 3 is 3.06 bits per heavy atom. The molecule has 1 aliphatic heterocycles. The van der Waals surface area contributed by atoms with Gasteiger partial charge in [-0.3, -0.25) is 0 Å². The van der Waals surface area contributed by atoms with Crippen molar-refractivity contribution in [3.63, 3.8) is 0 Å². The molecule has 18 heavy (non-hydrogen) atoms. The number of aromatic nitrogens is 3. The first-order valence-corrected chi connectivity index (χ1v) is 7.05. The molecule has 0 bridgehead atoms. The van der Waals surface area contributed by atoms with Crippen LogP contribution in [0.4, 0.5) is 0 Å². The number of carboxylic acids is 1. The van der Waals surface area contributed by atoms with E-state index in [1.165, 1.54) is 6.07 Å². The average molecular weight is 284 g/mol. The number of nitrogens with zero attached hydrogens (tertiary/aromatic N) is 3. The van der Waals surface area contributed by atoms with Gasteiger partial charge < -0.3 is 5.11 Å². The fraction of sp³-hybridized carbons (Fsp3) is 0.364. The van der Waals surface area contributed by atoms with Crippen molar-refractivity contribution in [3.05, 3.63) is 22.7 Å². The van der Waals surface area contributed by atoms with Gasteiger partial charge in [0, 0.05) is 5.75 Å². The molecule has 0 spiro atoms. The second kappa shape index (κ2) is 4.44. The molecule has 1 atom stereocenters. The predicted molar refractivity (Wildman–Crippen MR) is 70.5 cm³/mol. The molecule has 0 radical (unpaired) electrons. The first-order valence-electron chi connectivity index (χ1n) is 5.52. The third-order valence-electron chi connectivity index (χ3n) is 3.04. The lowest BCUT2D eigenvalue weighted by Crippen LogP contribution is -2.09. The van der Waals surface area contributed by atoms with Crippen LogP contribution >= 0.6 is 23.4 Å². The third kappa shape index (κ3) is 1.85. The molecule has 0 saturated carbocycles. The number of hydrogen-bond donors (Lipinski definition) is 1. The number of carboxylic acid groups (broad SMARTS) is 1. The fourth-order valence-electron chi connectivity index (χ4n) is 2.11. The van der Waals surface area contributed by atoms with Gasteiger partial charge >= 0.3 is 5.97 Å². The molecule has 3 rings (SSSR count). The largest absolute Gasteiger partial charge is 0.478 e. The predicted octanol–water partition coefficient (Wildman–Crippen LogP) is 2.46. The average Bonchev–Trinajstić information content (AvgIpc) is 2.94. The number of thioether (sulfide) groups is 1. The highest BCUT2D eigenvalue weighted by atomic mass is 35.5. The van der Waals surface area contributed by atoms with Crippen LogP contribution in [-0.2, 0) is 0 Å². The Bertz CT molecular complexity index is 622. The Kier molecular flexibility index (Phi) is 2.91. The Hall–Kier alpha value is -1.27. The zero-order chi connectivity index (χ0) is 12.7. The van der Waals surface area contributed by atoms with Crippen molar-refractivity contribution in [1.82, 2.24) is 15.0 Å². The van der Waals surface area contributed by atoms with Gasteiger partial charge in [-0.1, -0.05) is 16.8 Å². The molecule has 1 aliphatic rings. The summed E-state index contributed by atoms with van der Waals surface area (Å²) in [5.41, 5.74) is 1.45. The first-order chi connectivity index (χ1) is 8.66. The molecule has 1 unspecified atom stereocenters. The second-order valence-electron chi connectivity index (χ2n) is 4.18. The third-order valence-corrected chi connectivity index (χ3v) is 4.50. The molecule has 1 saturated heterocycles. The van der Waals surface area contributed by atoms with Crippen LogP contribution in [0.15, 0.2) is 12.1 Å². The molecule has 1 fully saturated rings. The Morgan fingerprint density at radius 2 is 2.39 bits per heavy atom. The SMILES string of the molecule is O=C(O)c1cc2nnn(C3CCSC3)c2cc1Cl. The fourth-order valence-corrected chi connectivity index (χ4v) is 3.53. The minimum atomic E-state index is -1.05. The van der Waals surface area contributed by atoms with E-state index in [9.17, 15) is 4.79 Å². The second-order valence-corrected chi connectivity index (χ2v) is 5.73. The smallest absolute Gasteiger partial charge is 0.337 e. The maximum Gasteiger partial charge on any atom is 0.337 e. The maximum absolute atomic E-state index is 11.0. The van der Waals surface area contributed by atoms with Crippen LogP contribution in [-0.4, -0.2) is 37.6 Å². The minimum Gasteiger partial charge on any atom is -0.478 e. The molecular formula is C11H10ClN3O2S. The number of hydrogen-bond acceptors (Lipinski definition) is 4. The summed E-state index contributed by atoms with van der Waals surface area (Å²) in [7, 11) is 0. The highest BCUT2D eigenvalue weighted by Crippen LogP contribution is 2.31. The summed E-state index contributed by atoms with van der Waals surface area (Å²) in [6, 6.07) is 3.45. The first kappa shape index (κ1) is 11.8. The standard InChI is InChI=1S/C11H10ClN3O2S/c12-8-4-10-9(3-7(8)11(16)17)13-14-15(10)6-1-2-18-5-6/h3-4,6H,1-2,5H2,(H,16,17). The molecule has 94 valence electrons. The van der Waals surface area contributed by atoms with E-state index in [2.05, 4.69) is 10.3 Å². The zero-order valence-corrected chi connectivity index (χ0v) is 10.9. The van der Waals surface area contributed by atoms with Crippen LogP contribution in [0.1, 0.15) is 22.8 Å². The summed E-state index contributed by atoms with van der Waals surface area (Å²) in [5, 5.41) is 17.4. The highest BCUT2D eigenvalue weighted by molar-refractivity contribution is 7.99. The lowest BCUT2D eigenvalue weighted by Gasteiger charge is -2.09. The van der Waals surface area contributed by atoms with Crippen LogP contribution in [0.3, 0.4) is 0 Å². The van der Waals surface area contributed by atoms with E-state index in [0.29, 0.717) is 11.6 Å². The van der Waals surface area contributed by atoms with Gasteiger partial charge in [-0.25, -0.2) is 9.48 Å². The summed E-state index contributed by atoms with van der Waals surface area (Å²) in [6.07, 6.45) is 1.06. The lowest BCUT2D eigenvalue weighted by molar-refractivity contribution is 0.0697. The molecule has 0 aliphatic carbocycles. The van der Waals surface area contributed by atoms with Crippen LogP contribution in [0.5, 0.6) is 0 Å². The minimum absolute atomic E-state index is 0.0667. The van der Waals surface area contributed by atoms with Crippen LogP contribution in [0.25, 0.3) is 11.0 Å². The maximum atomic E-state index is 11.0. The summed E-state index contributed by atoms with van der Waals surface area (Å²) in [4.78, 5) is 11.0. The van der Waals surface area contributed by atoms with Crippen LogP contribution < -0.4 is 0 Å². The van der Waals surface area contributed by atoms with E-state index in [0.717, 1.165) is 23.4 Å². The van der Waals surface area contributed by atoms with Gasteiger partial charge in [0.2, 0.25) is 0 Å². The van der Waals surface area contributed by atoms with Gasteiger partial charge in [-0.15, -0.1) is 5.10 Å². The van der Waals surface area contributed by atoms with Crippen molar-refractivity contribution in [2.24, 2.45) is 0 Å². The number of aromatic carboxylic acids is 1. The summed E-state index contributed by atoms with van der Waals surface area (Å²) >= 11 is 7.86. The van der Waals surface area contributed by atoms with E-state index in [1.807, 2.05) is 16.4 Å². The Balaban J connectivity index is 2.14. The van der Waals surface area contributed by atoms with Crippen molar-refractivity contribution < 1.29 is 9.90 Å². The van der Waals surface area contributed by atoms with E-state index >= 15 is 0 Å². The number of rotatable bonds is 2. The van der Waals surface area contributed by atoms with Gasteiger partial charge in [0.1, 0.15) is 5.52 Å². The van der Waals surface area contributed by atoms with Crippen molar-refractivity contribution in [2.75, 3.05) is 11.5 Å². The van der Waals surface area contributed by atoms with E-state index in [-0.39, 0.29) is 10.6 Å². The van der Waals surface area contributed by atoms with Gasteiger partial charge in [-0.05, 0) is 24.3 Å². The van der Waals surface area contributed by atoms with Crippen LogP contribution in [0, 0.1) is 0 Å². The molecule has 7 heteroatoms. The highest BCUT2D eigenvalue weighted by Gasteiger charge is 2.22. The molecule has 1 N–H and O–H groups in total. The molecule has 1 aromatic heterocycles. The van der Waals surface area contributed by atoms with Crippen molar-refractivity contribution in [2.45, 2.75) is 12.5 Å². The molecule has 0 amide bonds. The van der Waals surface area contributed by atoms with E-state index in [4.69, 9.17) is 16.7 Å². The number of halogens is 1. The Morgan fingerprint density at radius 1 is 1.56 bits per heavy atom. The quantitative estimate of drug-likeness (QED) is 0.917. The molecular weight excluding hydrogens is 274 g/mol. The number of carbonyl (C=O) groups is 1.